The summed E-state index contributed by atoms with van der Waals surface area (Å²) < 4.78 is 5.54. The molecule has 5 atom stereocenters. The number of hydrogen-bond donors (Lipinski definition) is 1. The lowest BCUT2D eigenvalue weighted by Gasteiger charge is -2.54. The van der Waals surface area contributed by atoms with Gasteiger partial charge >= 0.3 is 0 Å². The Labute approximate surface area is 250 Å². The smallest absolute Gasteiger partial charge is 0.163 e. The fraction of sp³-hybridized carbons (Fsp3) is 0.515. The van der Waals surface area contributed by atoms with Gasteiger partial charge in [0, 0.05) is 93.7 Å². The normalized spacial score (nSPS) is 29.0. The largest absolute Gasteiger partial charge is 0.378 e. The summed E-state index contributed by atoms with van der Waals surface area (Å²) in [5, 5.41) is 10.8. The number of aromatic nitrogens is 1. The van der Waals surface area contributed by atoms with E-state index < -0.39 is 0 Å². The van der Waals surface area contributed by atoms with Crippen LogP contribution in [0.4, 0.5) is 11.4 Å². The van der Waals surface area contributed by atoms with Crippen LogP contribution in [0.2, 0.25) is 0 Å². The van der Waals surface area contributed by atoms with Crippen LogP contribution in [0.25, 0.3) is 10.9 Å². The number of pyridine rings is 1. The molecule has 2 aromatic carbocycles. The minimum Gasteiger partial charge on any atom is -0.378 e. The average molecular weight is 564 g/mol. The van der Waals surface area contributed by atoms with E-state index in [0.29, 0.717) is 29.6 Å². The molecule has 7 rings (SSSR count). The van der Waals surface area contributed by atoms with E-state index >= 15 is 0 Å². The number of anilines is 2. The van der Waals surface area contributed by atoms with Crippen LogP contribution in [-0.2, 0) is 4.74 Å². The Hall–Kier alpha value is -3.16. The quantitative estimate of drug-likeness (QED) is 0.470. The minimum absolute atomic E-state index is 0.0743. The third kappa shape index (κ3) is 4.94. The molecule has 0 saturated carbocycles. The van der Waals surface area contributed by atoms with E-state index in [-0.39, 0.29) is 12.1 Å². The monoisotopic (exact) mass is 563 g/mol. The maximum atomic E-state index is 9.68. The molecular formula is C33H42BN7O. The van der Waals surface area contributed by atoms with Crippen molar-refractivity contribution in [3.05, 3.63) is 59.7 Å². The van der Waals surface area contributed by atoms with Gasteiger partial charge in [-0.2, -0.15) is 5.26 Å². The molecule has 0 radical (unpaired) electrons. The molecule has 5 heterocycles. The summed E-state index contributed by atoms with van der Waals surface area (Å²) in [4.78, 5) is 15.1. The van der Waals surface area contributed by atoms with Crippen molar-refractivity contribution in [2.24, 2.45) is 5.73 Å². The molecule has 0 bridgehead atoms. The van der Waals surface area contributed by atoms with Gasteiger partial charge in [0.05, 0.1) is 23.2 Å². The molecule has 218 valence electrons. The van der Waals surface area contributed by atoms with Crippen LogP contribution in [0.1, 0.15) is 36.8 Å². The molecule has 2 N–H and O–H groups in total. The van der Waals surface area contributed by atoms with Gasteiger partial charge in [-0.25, -0.2) is 0 Å². The van der Waals surface area contributed by atoms with Crippen molar-refractivity contribution in [3.63, 3.8) is 0 Å². The van der Waals surface area contributed by atoms with Crippen LogP contribution in [0, 0.1) is 11.3 Å². The van der Waals surface area contributed by atoms with Gasteiger partial charge in [-0.15, -0.1) is 0 Å². The Bertz CT molecular complexity index is 1490. The number of methoxy groups -OCH3 is 1. The predicted octanol–water partition coefficient (Wildman–Crippen LogP) is 1.67. The average Bonchev–Trinajstić information content (AvgIpc) is 3.36. The highest BCUT2D eigenvalue weighted by Crippen LogP contribution is 2.37. The lowest BCUT2D eigenvalue weighted by atomic mass is 9.85. The Kier molecular flexibility index (Phi) is 7.35. The van der Waals surface area contributed by atoms with E-state index in [1.165, 1.54) is 36.3 Å². The second-order valence-corrected chi connectivity index (χ2v) is 13.0. The molecule has 1 unspecified atom stereocenters. The SMILES string of the molecule is Bc1ccc2c(N3CC4C[C@@H](N5CC(c6ccc(N7C[C@@H](N)[C@H](OC)C7)cc6)C5)CCN4[C@H](C)C3)ccc(C#N)c2n1. The first kappa shape index (κ1) is 27.7. The highest BCUT2D eigenvalue weighted by atomic mass is 16.5. The maximum absolute atomic E-state index is 9.68. The fourth-order valence-corrected chi connectivity index (χ4v) is 7.99. The zero-order valence-electron chi connectivity index (χ0n) is 25.1. The number of benzene rings is 2. The molecular weight excluding hydrogens is 521 g/mol. The summed E-state index contributed by atoms with van der Waals surface area (Å²) in [6.07, 6.45) is 2.58. The number of fused-ring (bicyclic) bond motifs is 2. The summed E-state index contributed by atoms with van der Waals surface area (Å²) in [6.45, 7) is 9.61. The van der Waals surface area contributed by atoms with Gasteiger partial charge in [-0.1, -0.05) is 18.2 Å². The van der Waals surface area contributed by atoms with E-state index in [1.54, 1.807) is 7.11 Å². The third-order valence-corrected chi connectivity index (χ3v) is 10.4. The minimum atomic E-state index is 0.0743. The highest BCUT2D eigenvalue weighted by Gasteiger charge is 2.42. The molecule has 1 aromatic heterocycles. The Balaban J connectivity index is 0.995. The molecule has 0 amide bonds. The number of rotatable bonds is 5. The van der Waals surface area contributed by atoms with Crippen molar-refractivity contribution in [3.8, 4) is 6.07 Å². The molecule has 42 heavy (non-hydrogen) atoms. The third-order valence-electron chi connectivity index (χ3n) is 10.4. The summed E-state index contributed by atoms with van der Waals surface area (Å²) in [7, 11) is 3.75. The van der Waals surface area contributed by atoms with Crippen molar-refractivity contribution in [1.29, 1.82) is 5.26 Å². The molecule has 4 aliphatic rings. The van der Waals surface area contributed by atoms with E-state index in [4.69, 9.17) is 15.5 Å². The summed E-state index contributed by atoms with van der Waals surface area (Å²) in [6, 6.07) is 21.6. The second kappa shape index (κ2) is 11.2. The first-order valence-corrected chi connectivity index (χ1v) is 15.6. The van der Waals surface area contributed by atoms with Crippen LogP contribution in [0.5, 0.6) is 0 Å². The molecule has 0 spiro atoms. The Morgan fingerprint density at radius 3 is 2.50 bits per heavy atom. The molecule has 0 aliphatic carbocycles. The number of nitrogens with two attached hydrogens (primary N) is 1. The zero-order valence-corrected chi connectivity index (χ0v) is 25.1. The predicted molar refractivity (Wildman–Crippen MR) is 172 cm³/mol. The molecule has 3 aromatic rings. The van der Waals surface area contributed by atoms with Gasteiger partial charge < -0.3 is 20.3 Å². The van der Waals surface area contributed by atoms with E-state index in [0.717, 1.165) is 55.8 Å². The number of likely N-dealkylation sites (tertiary alicyclic amines) is 1. The topological polar surface area (TPSA) is 84.9 Å². The molecule has 8 nitrogen and oxygen atoms in total. The van der Waals surface area contributed by atoms with Gasteiger partial charge in [0.1, 0.15) is 6.07 Å². The van der Waals surface area contributed by atoms with Crippen molar-refractivity contribution in [2.75, 3.05) is 62.7 Å². The number of ether oxygens (including phenoxy) is 1. The van der Waals surface area contributed by atoms with Gasteiger partial charge in [-0.05, 0) is 61.3 Å². The van der Waals surface area contributed by atoms with Gasteiger partial charge in [0.25, 0.3) is 0 Å². The van der Waals surface area contributed by atoms with Crippen LogP contribution in [0.15, 0.2) is 48.5 Å². The standard InChI is InChI=1S/C33H42BN7O/c1-21-15-40(30-9-5-23(14-35)33-28(30)8-10-32(34)37-33)18-27-13-26(11-12-41(21)27)38-16-24(17-38)22-3-6-25(7-4-22)39-19-29(36)31(20-39)42-2/h3-10,21,24,26-27,29,31H,11-13,15-20,34,36H2,1-2H3/t21-,26+,27?,29-,31-/m1/s1. The van der Waals surface area contributed by atoms with E-state index in [2.05, 4.69) is 75.1 Å². The van der Waals surface area contributed by atoms with Crippen LogP contribution in [-0.4, -0.2) is 106 Å². The second-order valence-electron chi connectivity index (χ2n) is 13.0. The molecule has 9 heteroatoms. The lowest BCUT2D eigenvalue weighted by Crippen LogP contribution is -2.64. The van der Waals surface area contributed by atoms with Crippen molar-refractivity contribution >= 4 is 35.7 Å². The number of hydrogen-bond acceptors (Lipinski definition) is 8. The molecule has 4 fully saturated rings. The van der Waals surface area contributed by atoms with Crippen LogP contribution >= 0.6 is 0 Å². The number of piperazine rings is 1. The Morgan fingerprint density at radius 2 is 1.76 bits per heavy atom. The maximum Gasteiger partial charge on any atom is 0.163 e. The summed E-state index contributed by atoms with van der Waals surface area (Å²) >= 11 is 0. The number of nitrogens with zero attached hydrogens (tertiary/aromatic N) is 6. The van der Waals surface area contributed by atoms with Gasteiger partial charge in [0.2, 0.25) is 0 Å². The highest BCUT2D eigenvalue weighted by molar-refractivity contribution is 6.31. The van der Waals surface area contributed by atoms with Crippen LogP contribution < -0.4 is 21.1 Å². The van der Waals surface area contributed by atoms with Crippen molar-refractivity contribution in [2.45, 2.75) is 56.0 Å². The molecule has 4 saturated heterocycles. The Morgan fingerprint density at radius 1 is 0.952 bits per heavy atom. The summed E-state index contributed by atoms with van der Waals surface area (Å²) in [5.74, 6) is 0.618. The summed E-state index contributed by atoms with van der Waals surface area (Å²) in [5.41, 5.74) is 12.6. The van der Waals surface area contributed by atoms with Crippen molar-refractivity contribution in [1.82, 2.24) is 14.8 Å². The first-order chi connectivity index (χ1) is 20.4. The zero-order chi connectivity index (χ0) is 29.0. The van der Waals surface area contributed by atoms with E-state index in [9.17, 15) is 5.26 Å². The number of nitriles is 1. The first-order valence-electron chi connectivity index (χ1n) is 15.6. The van der Waals surface area contributed by atoms with Gasteiger partial charge in [-0.3, -0.25) is 14.8 Å². The fourth-order valence-electron chi connectivity index (χ4n) is 7.99. The molecule has 4 aliphatic heterocycles. The number of piperidine rings is 1. The lowest BCUT2D eigenvalue weighted by molar-refractivity contribution is 0.00151. The van der Waals surface area contributed by atoms with Crippen molar-refractivity contribution < 1.29 is 4.74 Å². The van der Waals surface area contributed by atoms with Crippen LogP contribution in [0.3, 0.4) is 0 Å². The van der Waals surface area contributed by atoms with E-state index in [1.807, 2.05) is 13.9 Å². The van der Waals surface area contributed by atoms with Gasteiger partial charge in [0.15, 0.2) is 7.85 Å².